The topological polar surface area (TPSA) is 69.6 Å². The minimum absolute atomic E-state index is 0.0583. The Balaban J connectivity index is 2.43. The van der Waals surface area contributed by atoms with Crippen LogP contribution in [-0.4, -0.2) is 35.4 Å². The molecule has 0 saturated heterocycles. The van der Waals surface area contributed by atoms with Crippen molar-refractivity contribution in [1.29, 1.82) is 0 Å². The molecule has 1 heterocycles. The number of aliphatic hydroxyl groups is 2. The monoisotopic (exact) mass is 279 g/mol. The first kappa shape index (κ1) is 11.6. The van der Waals surface area contributed by atoms with E-state index in [9.17, 15) is 4.79 Å². The molecule has 14 heavy (non-hydrogen) atoms. The van der Waals surface area contributed by atoms with Gasteiger partial charge in [-0.25, -0.2) is 0 Å². The average molecular weight is 280 g/mol. The van der Waals surface area contributed by atoms with Crippen LogP contribution in [0, 0.1) is 0 Å². The van der Waals surface area contributed by atoms with Crippen LogP contribution in [0.3, 0.4) is 0 Å². The second-order valence-corrected chi connectivity index (χ2v) is 4.98. The zero-order valence-electron chi connectivity index (χ0n) is 7.24. The Bertz CT molecular complexity index is 315. The van der Waals surface area contributed by atoms with E-state index in [0.717, 1.165) is 3.79 Å². The fourth-order valence-electron chi connectivity index (χ4n) is 0.806. The summed E-state index contributed by atoms with van der Waals surface area (Å²) in [5.41, 5.74) is 0.548. The first-order valence-electron chi connectivity index (χ1n) is 3.94. The van der Waals surface area contributed by atoms with Gasteiger partial charge in [-0.1, -0.05) is 0 Å². The Morgan fingerprint density at radius 1 is 1.71 bits per heavy atom. The first-order chi connectivity index (χ1) is 6.63. The van der Waals surface area contributed by atoms with Gasteiger partial charge in [0.05, 0.1) is 22.1 Å². The SMILES string of the molecule is O=C(NCC(O)CO)c1csc(Br)c1. The molecule has 0 aliphatic carbocycles. The molecule has 3 N–H and O–H groups in total. The van der Waals surface area contributed by atoms with E-state index in [1.807, 2.05) is 0 Å². The number of thiophene rings is 1. The largest absolute Gasteiger partial charge is 0.394 e. The molecule has 0 fully saturated rings. The average Bonchev–Trinajstić information content (AvgIpc) is 2.60. The predicted molar refractivity (Wildman–Crippen MR) is 57.4 cm³/mol. The molecule has 0 aliphatic rings. The number of hydrogen-bond donors (Lipinski definition) is 3. The molecule has 0 aromatic carbocycles. The van der Waals surface area contributed by atoms with Crippen LogP contribution in [0.4, 0.5) is 0 Å². The molecule has 4 nitrogen and oxygen atoms in total. The van der Waals surface area contributed by atoms with Crippen molar-refractivity contribution in [3.63, 3.8) is 0 Å². The van der Waals surface area contributed by atoms with Crippen LogP contribution in [0.25, 0.3) is 0 Å². The second-order valence-electron chi connectivity index (χ2n) is 2.69. The molecule has 0 radical (unpaired) electrons. The van der Waals surface area contributed by atoms with E-state index in [2.05, 4.69) is 21.2 Å². The van der Waals surface area contributed by atoms with Gasteiger partial charge in [-0.05, 0) is 22.0 Å². The summed E-state index contributed by atoms with van der Waals surface area (Å²) in [6.07, 6.45) is -0.902. The fraction of sp³-hybridized carbons (Fsp3) is 0.375. The minimum atomic E-state index is -0.902. The number of nitrogens with one attached hydrogen (secondary N) is 1. The zero-order chi connectivity index (χ0) is 10.6. The van der Waals surface area contributed by atoms with Crippen LogP contribution in [0.15, 0.2) is 15.2 Å². The van der Waals surface area contributed by atoms with Crippen LogP contribution in [-0.2, 0) is 0 Å². The van der Waals surface area contributed by atoms with Crippen molar-refractivity contribution < 1.29 is 15.0 Å². The Labute approximate surface area is 93.7 Å². The van der Waals surface area contributed by atoms with Gasteiger partial charge in [-0.3, -0.25) is 4.79 Å². The number of halogens is 1. The Morgan fingerprint density at radius 3 is 2.93 bits per heavy atom. The lowest BCUT2D eigenvalue weighted by Crippen LogP contribution is -2.33. The van der Waals surface area contributed by atoms with E-state index in [-0.39, 0.29) is 19.1 Å². The Hall–Kier alpha value is -0.430. The molecule has 1 rings (SSSR count). The number of carbonyl (C=O) groups excluding carboxylic acids is 1. The lowest BCUT2D eigenvalue weighted by Gasteiger charge is -2.07. The van der Waals surface area contributed by atoms with Gasteiger partial charge >= 0.3 is 0 Å². The smallest absolute Gasteiger partial charge is 0.252 e. The molecule has 1 aromatic rings. The van der Waals surface area contributed by atoms with Gasteiger partial charge in [0.2, 0.25) is 0 Å². The summed E-state index contributed by atoms with van der Waals surface area (Å²) in [7, 11) is 0. The van der Waals surface area contributed by atoms with Crippen LogP contribution in [0.1, 0.15) is 10.4 Å². The third kappa shape index (κ3) is 3.38. The van der Waals surface area contributed by atoms with E-state index < -0.39 is 6.10 Å². The normalized spacial score (nSPS) is 12.5. The van der Waals surface area contributed by atoms with Crippen molar-refractivity contribution in [3.8, 4) is 0 Å². The molecule has 1 unspecified atom stereocenters. The van der Waals surface area contributed by atoms with Crippen molar-refractivity contribution >= 4 is 33.2 Å². The Morgan fingerprint density at radius 2 is 2.43 bits per heavy atom. The van der Waals surface area contributed by atoms with Crippen molar-refractivity contribution in [2.24, 2.45) is 0 Å². The van der Waals surface area contributed by atoms with E-state index in [4.69, 9.17) is 10.2 Å². The van der Waals surface area contributed by atoms with Gasteiger partial charge in [0.25, 0.3) is 5.91 Å². The van der Waals surface area contributed by atoms with E-state index in [1.165, 1.54) is 11.3 Å². The summed E-state index contributed by atoms with van der Waals surface area (Å²) >= 11 is 4.66. The molecule has 0 bridgehead atoms. The van der Waals surface area contributed by atoms with Crippen molar-refractivity contribution in [3.05, 3.63) is 20.8 Å². The molecule has 0 saturated carbocycles. The van der Waals surface area contributed by atoms with Gasteiger partial charge in [0, 0.05) is 11.9 Å². The highest BCUT2D eigenvalue weighted by Crippen LogP contribution is 2.20. The number of amides is 1. The van der Waals surface area contributed by atoms with Crippen molar-refractivity contribution in [1.82, 2.24) is 5.32 Å². The third-order valence-electron chi connectivity index (χ3n) is 1.54. The lowest BCUT2D eigenvalue weighted by molar-refractivity contribution is 0.0802. The minimum Gasteiger partial charge on any atom is -0.394 e. The van der Waals surface area contributed by atoms with Crippen molar-refractivity contribution in [2.75, 3.05) is 13.2 Å². The summed E-state index contributed by atoms with van der Waals surface area (Å²) in [6.45, 7) is -0.295. The summed E-state index contributed by atoms with van der Waals surface area (Å²) in [4.78, 5) is 11.4. The summed E-state index contributed by atoms with van der Waals surface area (Å²) in [6, 6.07) is 1.70. The van der Waals surface area contributed by atoms with E-state index in [1.54, 1.807) is 11.4 Å². The molecule has 0 spiro atoms. The summed E-state index contributed by atoms with van der Waals surface area (Å²) < 4.78 is 0.880. The van der Waals surface area contributed by atoms with Crippen molar-refractivity contribution in [2.45, 2.75) is 6.10 Å². The van der Waals surface area contributed by atoms with E-state index >= 15 is 0 Å². The third-order valence-corrected chi connectivity index (χ3v) is 3.04. The highest BCUT2D eigenvalue weighted by Gasteiger charge is 2.09. The quantitative estimate of drug-likeness (QED) is 0.756. The van der Waals surface area contributed by atoms with Gasteiger partial charge in [-0.15, -0.1) is 11.3 Å². The number of hydrogen-bond acceptors (Lipinski definition) is 4. The molecular formula is C8H10BrNO3S. The highest BCUT2D eigenvalue weighted by atomic mass is 79.9. The predicted octanol–water partition coefficient (Wildman–Crippen LogP) is 0.594. The second kappa shape index (κ2) is 5.45. The molecule has 78 valence electrons. The van der Waals surface area contributed by atoms with Gasteiger partial charge in [0.15, 0.2) is 0 Å². The molecule has 1 aromatic heterocycles. The van der Waals surface area contributed by atoms with Gasteiger partial charge < -0.3 is 15.5 Å². The van der Waals surface area contributed by atoms with Gasteiger partial charge in [-0.2, -0.15) is 0 Å². The summed E-state index contributed by atoms with van der Waals surface area (Å²) in [5.74, 6) is -0.251. The number of aliphatic hydroxyl groups excluding tert-OH is 2. The van der Waals surface area contributed by atoms with Crippen LogP contribution < -0.4 is 5.32 Å². The zero-order valence-corrected chi connectivity index (χ0v) is 9.64. The number of rotatable bonds is 4. The van der Waals surface area contributed by atoms with Gasteiger partial charge in [0.1, 0.15) is 0 Å². The fourth-order valence-corrected chi connectivity index (χ4v) is 1.94. The molecule has 1 amide bonds. The lowest BCUT2D eigenvalue weighted by atomic mass is 10.3. The van der Waals surface area contributed by atoms with Crippen LogP contribution in [0.5, 0.6) is 0 Å². The molecular weight excluding hydrogens is 270 g/mol. The highest BCUT2D eigenvalue weighted by molar-refractivity contribution is 9.11. The molecule has 1 atom stereocenters. The van der Waals surface area contributed by atoms with Crippen LogP contribution >= 0.6 is 27.3 Å². The standard InChI is InChI=1S/C8H10BrNO3S/c9-7-1-5(4-14-7)8(13)10-2-6(12)3-11/h1,4,6,11-12H,2-3H2,(H,10,13). The van der Waals surface area contributed by atoms with E-state index in [0.29, 0.717) is 5.56 Å². The first-order valence-corrected chi connectivity index (χ1v) is 5.62. The maximum Gasteiger partial charge on any atom is 0.252 e. The Kier molecular flexibility index (Phi) is 4.53. The van der Waals surface area contributed by atoms with Crippen LogP contribution in [0.2, 0.25) is 0 Å². The number of carbonyl (C=O) groups is 1. The molecule has 6 heteroatoms. The molecule has 0 aliphatic heterocycles. The maximum absolute atomic E-state index is 11.4. The summed E-state index contributed by atoms with van der Waals surface area (Å²) in [5, 5.41) is 21.7. The maximum atomic E-state index is 11.4.